The summed E-state index contributed by atoms with van der Waals surface area (Å²) in [5.41, 5.74) is 1.01. The number of hydrogen-bond donors (Lipinski definition) is 3. The van der Waals surface area contributed by atoms with Gasteiger partial charge in [0.25, 0.3) is 5.91 Å². The van der Waals surface area contributed by atoms with Crippen molar-refractivity contribution in [2.75, 3.05) is 27.3 Å². The lowest BCUT2D eigenvalue weighted by Crippen LogP contribution is -2.36. The molecule has 0 bridgehead atoms. The topological polar surface area (TPSA) is 84.0 Å². The molecule has 2 rings (SSSR count). The Kier molecular flexibility index (Phi) is 8.44. The molecular weight excluding hydrogens is 364 g/mol. The summed E-state index contributed by atoms with van der Waals surface area (Å²) < 4.78 is 10.9. The van der Waals surface area contributed by atoms with Gasteiger partial charge in [-0.15, -0.1) is 11.3 Å². The number of benzene rings is 1. The average molecular weight is 391 g/mol. The number of rotatable bonds is 9. The summed E-state index contributed by atoms with van der Waals surface area (Å²) in [5.74, 6) is 1.68. The van der Waals surface area contributed by atoms with Gasteiger partial charge in [0.2, 0.25) is 0 Å². The summed E-state index contributed by atoms with van der Waals surface area (Å²) >= 11 is 1.70. The molecule has 1 heterocycles. The molecule has 7 nitrogen and oxygen atoms in total. The molecule has 1 aromatic heterocycles. The van der Waals surface area contributed by atoms with Gasteiger partial charge in [0.05, 0.1) is 13.7 Å². The SMILES string of the molecule is CCNC(=O)COc1ccc(CNC(=NC)NCc2cccs2)cc1OC. The lowest BCUT2D eigenvalue weighted by molar-refractivity contribution is -0.123. The van der Waals surface area contributed by atoms with Crippen molar-refractivity contribution in [3.63, 3.8) is 0 Å². The van der Waals surface area contributed by atoms with Crippen molar-refractivity contribution in [3.8, 4) is 11.5 Å². The summed E-state index contributed by atoms with van der Waals surface area (Å²) in [5, 5.41) is 11.3. The first-order valence-electron chi connectivity index (χ1n) is 8.69. The van der Waals surface area contributed by atoms with Crippen molar-refractivity contribution in [1.29, 1.82) is 0 Å². The van der Waals surface area contributed by atoms with Gasteiger partial charge in [0, 0.05) is 25.0 Å². The molecule has 0 spiro atoms. The van der Waals surface area contributed by atoms with Gasteiger partial charge in [-0.05, 0) is 36.1 Å². The Labute approximate surface area is 163 Å². The molecule has 0 fully saturated rings. The van der Waals surface area contributed by atoms with Crippen LogP contribution < -0.4 is 25.4 Å². The molecule has 1 aromatic carbocycles. The minimum absolute atomic E-state index is 0.0406. The highest BCUT2D eigenvalue weighted by molar-refractivity contribution is 7.09. The van der Waals surface area contributed by atoms with Crippen LogP contribution in [0.15, 0.2) is 40.7 Å². The molecule has 8 heteroatoms. The average Bonchev–Trinajstić information content (AvgIpc) is 3.20. The molecule has 0 saturated carbocycles. The van der Waals surface area contributed by atoms with E-state index in [2.05, 4.69) is 32.4 Å². The molecule has 27 heavy (non-hydrogen) atoms. The molecule has 0 unspecified atom stereocenters. The van der Waals surface area contributed by atoms with Crippen LogP contribution in [0.1, 0.15) is 17.4 Å². The van der Waals surface area contributed by atoms with Gasteiger partial charge in [-0.3, -0.25) is 9.79 Å². The van der Waals surface area contributed by atoms with Crippen molar-refractivity contribution in [3.05, 3.63) is 46.2 Å². The van der Waals surface area contributed by atoms with E-state index in [1.165, 1.54) is 4.88 Å². The lowest BCUT2D eigenvalue weighted by atomic mass is 10.2. The maximum absolute atomic E-state index is 11.5. The first kappa shape index (κ1) is 20.6. The number of guanidine groups is 1. The summed E-state index contributed by atoms with van der Waals surface area (Å²) in [6, 6.07) is 9.72. The van der Waals surface area contributed by atoms with Crippen LogP contribution in [0.2, 0.25) is 0 Å². The minimum Gasteiger partial charge on any atom is -0.493 e. The molecule has 0 atom stereocenters. The fraction of sp³-hybridized carbons (Fsp3) is 0.368. The Bertz CT molecular complexity index is 747. The van der Waals surface area contributed by atoms with E-state index in [9.17, 15) is 4.79 Å². The summed E-state index contributed by atoms with van der Waals surface area (Å²) in [4.78, 5) is 17.0. The third kappa shape index (κ3) is 6.82. The Morgan fingerprint density at radius 3 is 2.63 bits per heavy atom. The molecule has 0 radical (unpaired) electrons. The highest BCUT2D eigenvalue weighted by Crippen LogP contribution is 2.28. The van der Waals surface area contributed by atoms with Gasteiger partial charge in [0.15, 0.2) is 24.1 Å². The highest BCUT2D eigenvalue weighted by Gasteiger charge is 2.09. The fourth-order valence-electron chi connectivity index (χ4n) is 2.32. The standard InChI is InChI=1S/C19H26N4O3S/c1-4-21-18(24)13-26-16-8-7-14(10-17(16)25-3)11-22-19(20-2)23-12-15-6-5-9-27-15/h5-10H,4,11-13H2,1-3H3,(H,21,24)(H2,20,22,23). The van der Waals surface area contributed by atoms with Crippen LogP contribution in [-0.2, 0) is 17.9 Å². The van der Waals surface area contributed by atoms with Crippen LogP contribution >= 0.6 is 11.3 Å². The van der Waals surface area contributed by atoms with Crippen LogP contribution in [0.5, 0.6) is 11.5 Å². The predicted molar refractivity (Wildman–Crippen MR) is 109 cm³/mol. The highest BCUT2D eigenvalue weighted by atomic mass is 32.1. The van der Waals surface area contributed by atoms with E-state index in [1.807, 2.05) is 25.1 Å². The second-order valence-electron chi connectivity index (χ2n) is 5.59. The molecule has 0 aliphatic rings. The number of nitrogens with zero attached hydrogens (tertiary/aromatic N) is 1. The first-order chi connectivity index (χ1) is 13.2. The number of nitrogens with one attached hydrogen (secondary N) is 3. The van der Waals surface area contributed by atoms with Gasteiger partial charge >= 0.3 is 0 Å². The monoisotopic (exact) mass is 390 g/mol. The van der Waals surface area contributed by atoms with E-state index in [1.54, 1.807) is 31.6 Å². The van der Waals surface area contributed by atoms with Gasteiger partial charge in [-0.25, -0.2) is 0 Å². The van der Waals surface area contributed by atoms with E-state index in [4.69, 9.17) is 9.47 Å². The summed E-state index contributed by atoms with van der Waals surface area (Å²) in [6.07, 6.45) is 0. The van der Waals surface area contributed by atoms with Crippen molar-refractivity contribution >= 4 is 23.2 Å². The molecule has 0 aliphatic heterocycles. The fourth-order valence-corrected chi connectivity index (χ4v) is 2.97. The van der Waals surface area contributed by atoms with Crippen molar-refractivity contribution in [2.45, 2.75) is 20.0 Å². The zero-order valence-corrected chi connectivity index (χ0v) is 16.7. The third-order valence-corrected chi connectivity index (χ3v) is 4.53. The zero-order valence-electron chi connectivity index (χ0n) is 15.9. The first-order valence-corrected chi connectivity index (χ1v) is 9.57. The Morgan fingerprint density at radius 1 is 1.15 bits per heavy atom. The molecular formula is C19H26N4O3S. The minimum atomic E-state index is -0.161. The van der Waals surface area contributed by atoms with E-state index >= 15 is 0 Å². The van der Waals surface area contributed by atoms with Crippen LogP contribution in [0, 0.1) is 0 Å². The molecule has 2 aromatic rings. The lowest BCUT2D eigenvalue weighted by Gasteiger charge is -2.14. The summed E-state index contributed by atoms with van der Waals surface area (Å²) in [6.45, 7) is 3.71. The summed E-state index contributed by atoms with van der Waals surface area (Å²) in [7, 11) is 3.32. The number of likely N-dealkylation sites (N-methyl/N-ethyl adjacent to an activating group) is 1. The number of aliphatic imine (C=N–C) groups is 1. The number of hydrogen-bond acceptors (Lipinski definition) is 5. The predicted octanol–water partition coefficient (Wildman–Crippen LogP) is 2.14. The second-order valence-corrected chi connectivity index (χ2v) is 6.62. The number of carbonyl (C=O) groups is 1. The molecule has 1 amide bonds. The van der Waals surface area contributed by atoms with Crippen LogP contribution in [0.25, 0.3) is 0 Å². The van der Waals surface area contributed by atoms with Crippen molar-refractivity contribution in [1.82, 2.24) is 16.0 Å². The van der Waals surface area contributed by atoms with Crippen molar-refractivity contribution < 1.29 is 14.3 Å². The van der Waals surface area contributed by atoms with E-state index in [0.29, 0.717) is 24.6 Å². The number of methoxy groups -OCH3 is 1. The van der Waals surface area contributed by atoms with Crippen LogP contribution in [-0.4, -0.2) is 39.2 Å². The molecule has 146 valence electrons. The quantitative estimate of drug-likeness (QED) is 0.451. The van der Waals surface area contributed by atoms with Gasteiger partial charge in [0.1, 0.15) is 0 Å². The smallest absolute Gasteiger partial charge is 0.257 e. The van der Waals surface area contributed by atoms with Crippen LogP contribution in [0.4, 0.5) is 0 Å². The third-order valence-electron chi connectivity index (χ3n) is 3.65. The molecule has 0 saturated heterocycles. The second kappa shape index (κ2) is 11.1. The normalized spacial score (nSPS) is 11.0. The van der Waals surface area contributed by atoms with E-state index in [0.717, 1.165) is 18.1 Å². The molecule has 3 N–H and O–H groups in total. The van der Waals surface area contributed by atoms with Gasteiger partial charge in [-0.1, -0.05) is 12.1 Å². The number of carbonyl (C=O) groups excluding carboxylic acids is 1. The maximum Gasteiger partial charge on any atom is 0.257 e. The van der Waals surface area contributed by atoms with Crippen LogP contribution in [0.3, 0.4) is 0 Å². The largest absolute Gasteiger partial charge is 0.493 e. The Morgan fingerprint density at radius 2 is 1.96 bits per heavy atom. The zero-order chi connectivity index (χ0) is 19.5. The molecule has 0 aliphatic carbocycles. The number of ether oxygens (including phenoxy) is 2. The Balaban J connectivity index is 1.89. The Hall–Kier alpha value is -2.74. The van der Waals surface area contributed by atoms with Crippen molar-refractivity contribution in [2.24, 2.45) is 4.99 Å². The van der Waals surface area contributed by atoms with Gasteiger partial charge in [-0.2, -0.15) is 0 Å². The maximum atomic E-state index is 11.5. The number of thiophene rings is 1. The van der Waals surface area contributed by atoms with Gasteiger partial charge < -0.3 is 25.4 Å². The number of amides is 1. The van der Waals surface area contributed by atoms with E-state index in [-0.39, 0.29) is 12.5 Å². The van der Waals surface area contributed by atoms with E-state index < -0.39 is 0 Å².